The van der Waals surface area contributed by atoms with Crippen molar-refractivity contribution in [1.29, 1.82) is 5.26 Å². The molecule has 1 aromatic carbocycles. The zero-order valence-electron chi connectivity index (χ0n) is 8.45. The predicted octanol–water partition coefficient (Wildman–Crippen LogP) is 1.40. The van der Waals surface area contributed by atoms with Gasteiger partial charge in [-0.3, -0.25) is 0 Å². The van der Waals surface area contributed by atoms with Gasteiger partial charge in [0.15, 0.2) is 0 Å². The van der Waals surface area contributed by atoms with Crippen LogP contribution in [0.5, 0.6) is 5.75 Å². The molecular formula is C11H14N2O. The topological polar surface area (TPSA) is 59.0 Å². The lowest BCUT2D eigenvalue weighted by molar-refractivity contribution is 0.411. The van der Waals surface area contributed by atoms with Crippen molar-refractivity contribution in [2.75, 3.05) is 7.11 Å². The van der Waals surface area contributed by atoms with Crippen molar-refractivity contribution < 1.29 is 4.74 Å². The molecule has 1 rings (SSSR count). The van der Waals surface area contributed by atoms with Crippen molar-refractivity contribution in [3.05, 3.63) is 29.3 Å². The lowest BCUT2D eigenvalue weighted by atomic mass is 10.0. The van der Waals surface area contributed by atoms with Crippen LogP contribution in [0.25, 0.3) is 0 Å². The molecule has 0 aromatic heterocycles. The summed E-state index contributed by atoms with van der Waals surface area (Å²) in [6, 6.07) is 7.41. The number of ether oxygens (including phenoxy) is 1. The monoisotopic (exact) mass is 190 g/mol. The standard InChI is InChI=1S/C11H14N2O/c1-8-5-9(6-10(13)7-12)3-4-11(8)14-2/h3-5,10H,6,13H2,1-2H3. The molecule has 0 saturated heterocycles. The van der Waals surface area contributed by atoms with Crippen LogP contribution in [0.3, 0.4) is 0 Å². The van der Waals surface area contributed by atoms with Gasteiger partial charge in [-0.1, -0.05) is 12.1 Å². The van der Waals surface area contributed by atoms with Gasteiger partial charge >= 0.3 is 0 Å². The quantitative estimate of drug-likeness (QED) is 0.783. The molecule has 0 radical (unpaired) electrons. The lowest BCUT2D eigenvalue weighted by Crippen LogP contribution is -2.20. The number of nitriles is 1. The van der Waals surface area contributed by atoms with Crippen LogP contribution in [-0.4, -0.2) is 13.2 Å². The molecule has 1 atom stereocenters. The van der Waals surface area contributed by atoms with Crippen molar-refractivity contribution in [3.8, 4) is 11.8 Å². The van der Waals surface area contributed by atoms with Gasteiger partial charge < -0.3 is 10.5 Å². The summed E-state index contributed by atoms with van der Waals surface area (Å²) in [7, 11) is 1.64. The molecule has 3 nitrogen and oxygen atoms in total. The molecule has 0 aliphatic carbocycles. The van der Waals surface area contributed by atoms with Crippen LogP contribution in [-0.2, 0) is 6.42 Å². The third kappa shape index (κ3) is 2.48. The SMILES string of the molecule is COc1ccc(CC(N)C#N)cc1C. The zero-order chi connectivity index (χ0) is 10.6. The predicted molar refractivity (Wildman–Crippen MR) is 55.0 cm³/mol. The number of methoxy groups -OCH3 is 1. The van der Waals surface area contributed by atoms with Gasteiger partial charge in [0.2, 0.25) is 0 Å². The average Bonchev–Trinajstić information content (AvgIpc) is 2.18. The van der Waals surface area contributed by atoms with E-state index in [1.165, 1.54) is 0 Å². The Balaban J connectivity index is 2.82. The highest BCUT2D eigenvalue weighted by atomic mass is 16.5. The van der Waals surface area contributed by atoms with Gasteiger partial charge in [-0.25, -0.2) is 0 Å². The van der Waals surface area contributed by atoms with E-state index in [9.17, 15) is 0 Å². The number of hydrogen-bond acceptors (Lipinski definition) is 3. The Morgan fingerprint density at radius 3 is 2.79 bits per heavy atom. The molecule has 0 bridgehead atoms. The molecule has 74 valence electrons. The van der Waals surface area contributed by atoms with Gasteiger partial charge in [-0.2, -0.15) is 5.26 Å². The zero-order valence-corrected chi connectivity index (χ0v) is 8.45. The van der Waals surface area contributed by atoms with Crippen molar-refractivity contribution in [2.45, 2.75) is 19.4 Å². The van der Waals surface area contributed by atoms with Gasteiger partial charge in [0, 0.05) is 6.42 Å². The van der Waals surface area contributed by atoms with Crippen LogP contribution in [0.4, 0.5) is 0 Å². The third-order valence-electron chi connectivity index (χ3n) is 2.08. The van der Waals surface area contributed by atoms with E-state index in [4.69, 9.17) is 15.7 Å². The van der Waals surface area contributed by atoms with Crippen LogP contribution in [0.2, 0.25) is 0 Å². The van der Waals surface area contributed by atoms with Crippen molar-refractivity contribution >= 4 is 0 Å². The minimum atomic E-state index is -0.428. The van der Waals surface area contributed by atoms with E-state index in [0.717, 1.165) is 16.9 Å². The summed E-state index contributed by atoms with van der Waals surface area (Å²) in [6.45, 7) is 1.97. The number of hydrogen-bond donors (Lipinski definition) is 1. The number of rotatable bonds is 3. The molecule has 0 aliphatic rings. The average molecular weight is 190 g/mol. The number of nitrogens with zero attached hydrogens (tertiary/aromatic N) is 1. The molecule has 1 aromatic rings. The third-order valence-corrected chi connectivity index (χ3v) is 2.08. The minimum Gasteiger partial charge on any atom is -0.496 e. The highest BCUT2D eigenvalue weighted by Crippen LogP contribution is 2.18. The summed E-state index contributed by atoms with van der Waals surface area (Å²) in [4.78, 5) is 0. The number of nitrogens with two attached hydrogens (primary N) is 1. The Bertz CT molecular complexity index is 355. The van der Waals surface area contributed by atoms with E-state index in [-0.39, 0.29) is 0 Å². The van der Waals surface area contributed by atoms with E-state index in [2.05, 4.69) is 0 Å². The first kappa shape index (κ1) is 10.6. The summed E-state index contributed by atoms with van der Waals surface area (Å²) in [5.41, 5.74) is 7.67. The summed E-state index contributed by atoms with van der Waals surface area (Å²) in [5.74, 6) is 0.860. The van der Waals surface area contributed by atoms with Crippen LogP contribution in [0.1, 0.15) is 11.1 Å². The molecule has 14 heavy (non-hydrogen) atoms. The van der Waals surface area contributed by atoms with Crippen LogP contribution in [0, 0.1) is 18.3 Å². The van der Waals surface area contributed by atoms with Gasteiger partial charge in [0.05, 0.1) is 19.2 Å². The largest absolute Gasteiger partial charge is 0.496 e. The second kappa shape index (κ2) is 4.64. The fourth-order valence-corrected chi connectivity index (χ4v) is 1.37. The Morgan fingerprint density at radius 2 is 2.29 bits per heavy atom. The maximum Gasteiger partial charge on any atom is 0.121 e. The van der Waals surface area contributed by atoms with E-state index in [0.29, 0.717) is 6.42 Å². The Kier molecular flexibility index (Phi) is 3.49. The van der Waals surface area contributed by atoms with Crippen molar-refractivity contribution in [1.82, 2.24) is 0 Å². The van der Waals surface area contributed by atoms with Gasteiger partial charge in [-0.05, 0) is 24.1 Å². The maximum absolute atomic E-state index is 8.57. The summed E-state index contributed by atoms with van der Waals surface area (Å²) >= 11 is 0. The molecular weight excluding hydrogens is 176 g/mol. The fourth-order valence-electron chi connectivity index (χ4n) is 1.37. The first-order valence-corrected chi connectivity index (χ1v) is 4.46. The molecule has 0 saturated carbocycles. The normalized spacial score (nSPS) is 11.9. The molecule has 0 fully saturated rings. The molecule has 0 heterocycles. The Morgan fingerprint density at radius 1 is 1.57 bits per heavy atom. The fraction of sp³-hybridized carbons (Fsp3) is 0.364. The van der Waals surface area contributed by atoms with Crippen LogP contribution >= 0.6 is 0 Å². The minimum absolute atomic E-state index is 0.428. The molecule has 2 N–H and O–H groups in total. The first-order valence-electron chi connectivity index (χ1n) is 4.46. The summed E-state index contributed by atoms with van der Waals surface area (Å²) in [6.07, 6.45) is 0.585. The van der Waals surface area contributed by atoms with Gasteiger partial charge in [-0.15, -0.1) is 0 Å². The van der Waals surface area contributed by atoms with Crippen molar-refractivity contribution in [2.24, 2.45) is 5.73 Å². The lowest BCUT2D eigenvalue weighted by Gasteiger charge is -2.07. The second-order valence-corrected chi connectivity index (χ2v) is 3.24. The molecule has 0 aliphatic heterocycles. The molecule has 1 unspecified atom stereocenters. The molecule has 3 heteroatoms. The van der Waals surface area contributed by atoms with Gasteiger partial charge in [0.1, 0.15) is 5.75 Å². The Labute approximate surface area is 84.1 Å². The number of aryl methyl sites for hydroxylation is 1. The second-order valence-electron chi connectivity index (χ2n) is 3.24. The number of benzene rings is 1. The van der Waals surface area contributed by atoms with Crippen molar-refractivity contribution in [3.63, 3.8) is 0 Å². The first-order chi connectivity index (χ1) is 6.67. The van der Waals surface area contributed by atoms with Crippen LogP contribution in [0.15, 0.2) is 18.2 Å². The van der Waals surface area contributed by atoms with E-state index >= 15 is 0 Å². The molecule has 0 spiro atoms. The highest BCUT2D eigenvalue weighted by Gasteiger charge is 2.04. The summed E-state index contributed by atoms with van der Waals surface area (Å²) < 4.78 is 5.14. The van der Waals surface area contributed by atoms with Gasteiger partial charge in [0.25, 0.3) is 0 Å². The van der Waals surface area contributed by atoms with E-state index in [1.54, 1.807) is 7.11 Å². The van der Waals surface area contributed by atoms with E-state index < -0.39 is 6.04 Å². The summed E-state index contributed by atoms with van der Waals surface area (Å²) in [5, 5.41) is 8.57. The smallest absolute Gasteiger partial charge is 0.121 e. The molecule has 0 amide bonds. The highest BCUT2D eigenvalue weighted by molar-refractivity contribution is 5.36. The Hall–Kier alpha value is -1.53. The maximum atomic E-state index is 8.57. The van der Waals surface area contributed by atoms with E-state index in [1.807, 2.05) is 31.2 Å². The van der Waals surface area contributed by atoms with Crippen LogP contribution < -0.4 is 10.5 Å².